The van der Waals surface area contributed by atoms with Crippen molar-refractivity contribution in [3.63, 3.8) is 0 Å². The van der Waals surface area contributed by atoms with Crippen LogP contribution in [0.1, 0.15) is 88.9 Å². The summed E-state index contributed by atoms with van der Waals surface area (Å²) in [5.74, 6) is 0.668. The van der Waals surface area contributed by atoms with Crippen LogP contribution < -0.4 is 5.32 Å². The lowest BCUT2D eigenvalue weighted by molar-refractivity contribution is -0.145. The lowest BCUT2D eigenvalue weighted by Gasteiger charge is -2.48. The summed E-state index contributed by atoms with van der Waals surface area (Å²) in [6, 6.07) is 8.50. The monoisotopic (exact) mass is 477 g/mol. The Morgan fingerprint density at radius 1 is 0.971 bits per heavy atom. The Labute approximate surface area is 208 Å². The summed E-state index contributed by atoms with van der Waals surface area (Å²) < 4.78 is 0. The van der Waals surface area contributed by atoms with Crippen molar-refractivity contribution in [2.75, 3.05) is 5.32 Å². The van der Waals surface area contributed by atoms with E-state index in [0.717, 1.165) is 41.8 Å². The molecule has 0 radical (unpaired) electrons. The number of hydrogen-bond acceptors (Lipinski definition) is 4. The first kappa shape index (κ1) is 24.1. The molecule has 1 aliphatic carbocycles. The molecule has 5 rings (SSSR count). The predicted octanol–water partition coefficient (Wildman–Crippen LogP) is 6.11. The van der Waals surface area contributed by atoms with Gasteiger partial charge in [0, 0.05) is 35.3 Å². The van der Waals surface area contributed by atoms with E-state index < -0.39 is 5.97 Å². The highest BCUT2D eigenvalue weighted by atomic mass is 16.4. The zero-order valence-corrected chi connectivity index (χ0v) is 21.3. The fraction of sp³-hybridized carbons (Fsp3) is 0.621. The first-order valence-electron chi connectivity index (χ1n) is 13.4. The molecule has 188 valence electrons. The van der Waals surface area contributed by atoms with Crippen LogP contribution in [0.25, 0.3) is 10.8 Å². The molecular formula is C29H39N3O3. The molecule has 6 heteroatoms. The molecule has 0 spiro atoms. The molecule has 35 heavy (non-hydrogen) atoms. The summed E-state index contributed by atoms with van der Waals surface area (Å²) in [4.78, 5) is 31.7. The third-order valence-corrected chi connectivity index (χ3v) is 8.83. The van der Waals surface area contributed by atoms with Gasteiger partial charge >= 0.3 is 5.97 Å². The number of hydrogen-bond donors (Lipinski definition) is 2. The summed E-state index contributed by atoms with van der Waals surface area (Å²) in [5, 5.41) is 15.2. The van der Waals surface area contributed by atoms with Gasteiger partial charge in [0.1, 0.15) is 5.82 Å². The number of carbonyl (C=O) groups excluding carboxylic acids is 1. The van der Waals surface area contributed by atoms with Crippen LogP contribution in [0.15, 0.2) is 30.5 Å². The highest BCUT2D eigenvalue weighted by Gasteiger charge is 2.43. The molecule has 3 fully saturated rings. The Bertz CT molecular complexity index is 1090. The number of amides is 1. The highest BCUT2D eigenvalue weighted by molar-refractivity contribution is 5.99. The van der Waals surface area contributed by atoms with Gasteiger partial charge in [-0.25, -0.2) is 4.98 Å². The van der Waals surface area contributed by atoms with E-state index in [9.17, 15) is 14.7 Å². The molecule has 2 bridgehead atoms. The number of anilines is 1. The Kier molecular flexibility index (Phi) is 6.49. The third kappa shape index (κ3) is 5.03. The molecule has 1 amide bonds. The zero-order chi connectivity index (χ0) is 24.7. The summed E-state index contributed by atoms with van der Waals surface area (Å²) in [5.41, 5.74) is 1.05. The number of carboxylic acids is 1. The van der Waals surface area contributed by atoms with Crippen molar-refractivity contribution in [3.8, 4) is 0 Å². The van der Waals surface area contributed by atoms with Crippen LogP contribution in [0.5, 0.6) is 0 Å². The van der Waals surface area contributed by atoms with Gasteiger partial charge in [0.15, 0.2) is 0 Å². The van der Waals surface area contributed by atoms with Crippen molar-refractivity contribution in [2.45, 2.75) is 96.7 Å². The van der Waals surface area contributed by atoms with Gasteiger partial charge in [-0.3, -0.25) is 9.59 Å². The van der Waals surface area contributed by atoms with Crippen LogP contribution in [-0.2, 0) is 4.79 Å². The molecule has 1 saturated carbocycles. The molecule has 2 aliphatic heterocycles. The van der Waals surface area contributed by atoms with Gasteiger partial charge in [0.05, 0.1) is 5.92 Å². The van der Waals surface area contributed by atoms with E-state index in [0.29, 0.717) is 29.9 Å². The van der Waals surface area contributed by atoms with E-state index in [1.165, 1.54) is 25.7 Å². The molecule has 2 saturated heterocycles. The quantitative estimate of drug-likeness (QED) is 0.555. The number of fused-ring (bicyclic) bond motifs is 3. The van der Waals surface area contributed by atoms with Gasteiger partial charge in [-0.1, -0.05) is 26.8 Å². The summed E-state index contributed by atoms with van der Waals surface area (Å²) in [6.07, 6.45) is 10.7. The Balaban J connectivity index is 1.27. The fourth-order valence-electron chi connectivity index (χ4n) is 6.73. The van der Waals surface area contributed by atoms with Gasteiger partial charge in [0.2, 0.25) is 0 Å². The molecule has 1 aromatic carbocycles. The lowest BCUT2D eigenvalue weighted by atomic mass is 9.71. The molecule has 1 aromatic heterocycles. The second kappa shape index (κ2) is 9.44. The number of nitrogens with one attached hydrogen (secondary N) is 1. The second-order valence-corrected chi connectivity index (χ2v) is 12.1. The minimum absolute atomic E-state index is 0.0308. The largest absolute Gasteiger partial charge is 0.481 e. The van der Waals surface area contributed by atoms with Crippen LogP contribution in [0, 0.1) is 17.3 Å². The minimum Gasteiger partial charge on any atom is -0.481 e. The van der Waals surface area contributed by atoms with Gasteiger partial charge < -0.3 is 15.3 Å². The van der Waals surface area contributed by atoms with Crippen molar-refractivity contribution < 1.29 is 14.7 Å². The maximum atomic E-state index is 13.5. The Morgan fingerprint density at radius 2 is 1.66 bits per heavy atom. The van der Waals surface area contributed by atoms with E-state index in [1.54, 1.807) is 0 Å². The molecule has 3 aliphatic rings. The highest BCUT2D eigenvalue weighted by Crippen LogP contribution is 2.39. The number of carboxylic acid groups (broad SMARTS) is 1. The summed E-state index contributed by atoms with van der Waals surface area (Å²) >= 11 is 0. The number of aliphatic carboxylic acids is 1. The number of piperidine rings is 2. The van der Waals surface area contributed by atoms with E-state index in [-0.39, 0.29) is 23.9 Å². The first-order chi connectivity index (χ1) is 16.7. The second-order valence-electron chi connectivity index (χ2n) is 12.1. The van der Waals surface area contributed by atoms with E-state index >= 15 is 0 Å². The Morgan fingerprint density at radius 3 is 2.29 bits per heavy atom. The van der Waals surface area contributed by atoms with E-state index in [4.69, 9.17) is 0 Å². The van der Waals surface area contributed by atoms with E-state index in [2.05, 4.69) is 37.1 Å². The van der Waals surface area contributed by atoms with Crippen molar-refractivity contribution >= 4 is 28.5 Å². The van der Waals surface area contributed by atoms with Crippen LogP contribution in [-0.4, -0.2) is 45.0 Å². The standard InChI is InChI=1S/C29H39N3O3/c1-29(2,3)22-9-11-23(12-10-22)31-26-16-18-7-8-19(13-21(18)17-30-26)27(33)32-24-5-4-6-25(32)15-20(14-24)28(34)35/h7-8,13,16-17,20,22-25H,4-6,9-12,14-15H2,1-3H3,(H,30,31)(H,34,35)/t20?,22-,23-,24?,25?. The lowest BCUT2D eigenvalue weighted by Crippen LogP contribution is -2.55. The average Bonchev–Trinajstić information content (AvgIpc) is 2.82. The van der Waals surface area contributed by atoms with E-state index in [1.807, 2.05) is 29.3 Å². The molecule has 2 unspecified atom stereocenters. The molecule has 2 aromatic rings. The Hall–Kier alpha value is -2.63. The van der Waals surface area contributed by atoms with Gasteiger partial charge in [0.25, 0.3) is 5.91 Å². The van der Waals surface area contributed by atoms with Gasteiger partial charge in [-0.15, -0.1) is 0 Å². The number of nitrogens with zero attached hydrogens (tertiary/aromatic N) is 2. The maximum Gasteiger partial charge on any atom is 0.306 e. The minimum atomic E-state index is -0.725. The number of carbonyl (C=O) groups is 2. The van der Waals surface area contributed by atoms with Crippen LogP contribution in [0.4, 0.5) is 5.82 Å². The number of benzene rings is 1. The summed E-state index contributed by atoms with van der Waals surface area (Å²) in [6.45, 7) is 7.04. The van der Waals surface area contributed by atoms with Crippen molar-refractivity contribution in [1.82, 2.24) is 9.88 Å². The van der Waals surface area contributed by atoms with Crippen LogP contribution in [0.2, 0.25) is 0 Å². The predicted molar refractivity (Wildman–Crippen MR) is 139 cm³/mol. The summed E-state index contributed by atoms with van der Waals surface area (Å²) in [7, 11) is 0. The normalized spacial score (nSPS) is 29.1. The number of rotatable bonds is 4. The molecule has 2 atom stereocenters. The first-order valence-corrected chi connectivity index (χ1v) is 13.4. The van der Waals surface area contributed by atoms with Crippen LogP contribution >= 0.6 is 0 Å². The van der Waals surface area contributed by atoms with Gasteiger partial charge in [-0.2, -0.15) is 0 Å². The SMILES string of the molecule is CC(C)(C)[C@H]1CC[C@H](Nc2cc3ccc(C(=O)N4C5CCCC4CC(C(=O)O)C5)cc3cn2)CC1. The van der Waals surface area contributed by atoms with Gasteiger partial charge in [-0.05, 0) is 92.7 Å². The third-order valence-electron chi connectivity index (χ3n) is 8.83. The molecule has 2 N–H and O–H groups in total. The van der Waals surface area contributed by atoms with Crippen LogP contribution in [0.3, 0.4) is 0 Å². The zero-order valence-electron chi connectivity index (χ0n) is 21.3. The topological polar surface area (TPSA) is 82.5 Å². The number of aromatic nitrogens is 1. The molecule has 3 heterocycles. The van der Waals surface area contributed by atoms with Crippen molar-refractivity contribution in [3.05, 3.63) is 36.0 Å². The smallest absolute Gasteiger partial charge is 0.306 e. The van der Waals surface area contributed by atoms with Crippen molar-refractivity contribution in [2.24, 2.45) is 17.3 Å². The molecule has 6 nitrogen and oxygen atoms in total. The average molecular weight is 478 g/mol. The molecular weight excluding hydrogens is 438 g/mol. The number of pyridine rings is 1. The maximum absolute atomic E-state index is 13.5. The van der Waals surface area contributed by atoms with Crippen molar-refractivity contribution in [1.29, 1.82) is 0 Å². The fourth-order valence-corrected chi connectivity index (χ4v) is 6.73.